The molecule has 2 heterocycles. The maximum Gasteiger partial charge on any atom is 0.290 e. The zero-order chi connectivity index (χ0) is 11.5. The number of hydrogen-bond acceptors (Lipinski definition) is 5. The first-order chi connectivity index (χ1) is 7.68. The van der Waals surface area contributed by atoms with Gasteiger partial charge in [-0.1, -0.05) is 0 Å². The van der Waals surface area contributed by atoms with E-state index in [1.54, 1.807) is 13.0 Å². The quantitative estimate of drug-likeness (QED) is 0.565. The highest BCUT2D eigenvalue weighted by Gasteiger charge is 2.20. The minimum absolute atomic E-state index is 0.0135. The van der Waals surface area contributed by atoms with Crippen molar-refractivity contribution in [3.8, 4) is 0 Å². The van der Waals surface area contributed by atoms with Crippen LogP contribution in [0.25, 0.3) is 0 Å². The van der Waals surface area contributed by atoms with Gasteiger partial charge in [0.25, 0.3) is 5.69 Å². The number of rotatable bonds is 2. The standard InChI is InChI=1S/C10H12N2O4/c1-7-5-8(10-15-3-2-4-16-10)11-6-9(7)12(13)14/h5-6,10H,2-4H2,1H3. The van der Waals surface area contributed by atoms with Crippen LogP contribution in [0, 0.1) is 17.0 Å². The molecule has 0 radical (unpaired) electrons. The van der Waals surface area contributed by atoms with Gasteiger partial charge in [-0.15, -0.1) is 0 Å². The number of aryl methyl sites for hydroxylation is 1. The van der Waals surface area contributed by atoms with E-state index < -0.39 is 11.2 Å². The molecule has 16 heavy (non-hydrogen) atoms. The zero-order valence-corrected chi connectivity index (χ0v) is 8.88. The molecule has 1 aliphatic rings. The van der Waals surface area contributed by atoms with Crippen LogP contribution in [0.5, 0.6) is 0 Å². The Balaban J connectivity index is 2.23. The van der Waals surface area contributed by atoms with Gasteiger partial charge in [-0.3, -0.25) is 10.1 Å². The molecule has 2 rings (SSSR count). The van der Waals surface area contributed by atoms with E-state index in [2.05, 4.69) is 4.98 Å². The third-order valence-electron chi connectivity index (χ3n) is 2.37. The summed E-state index contributed by atoms with van der Waals surface area (Å²) < 4.78 is 10.7. The first kappa shape index (κ1) is 11.0. The number of hydrogen-bond donors (Lipinski definition) is 0. The monoisotopic (exact) mass is 224 g/mol. The Kier molecular flexibility index (Phi) is 3.12. The van der Waals surface area contributed by atoms with Crippen molar-refractivity contribution in [3.05, 3.63) is 33.6 Å². The summed E-state index contributed by atoms with van der Waals surface area (Å²) in [7, 11) is 0. The van der Waals surface area contributed by atoms with E-state index in [-0.39, 0.29) is 5.69 Å². The summed E-state index contributed by atoms with van der Waals surface area (Å²) >= 11 is 0. The fraction of sp³-hybridized carbons (Fsp3) is 0.500. The number of pyridine rings is 1. The summed E-state index contributed by atoms with van der Waals surface area (Å²) in [6.45, 7) is 2.93. The van der Waals surface area contributed by atoms with Gasteiger partial charge in [-0.25, -0.2) is 4.98 Å². The summed E-state index contributed by atoms with van der Waals surface area (Å²) in [5.74, 6) is 0. The minimum atomic E-state index is -0.492. The van der Waals surface area contributed by atoms with E-state index >= 15 is 0 Å². The second-order valence-corrected chi connectivity index (χ2v) is 3.58. The van der Waals surface area contributed by atoms with Gasteiger partial charge in [0, 0.05) is 5.56 Å². The molecule has 1 saturated heterocycles. The normalized spacial score (nSPS) is 17.3. The van der Waals surface area contributed by atoms with E-state index in [1.165, 1.54) is 6.20 Å². The number of nitro groups is 1. The fourth-order valence-corrected chi connectivity index (χ4v) is 1.55. The van der Waals surface area contributed by atoms with Gasteiger partial charge in [0.15, 0.2) is 0 Å². The second-order valence-electron chi connectivity index (χ2n) is 3.58. The van der Waals surface area contributed by atoms with Crippen LogP contribution in [0.4, 0.5) is 5.69 Å². The predicted octanol–water partition coefficient (Wildman–Crippen LogP) is 1.73. The Morgan fingerprint density at radius 2 is 2.19 bits per heavy atom. The lowest BCUT2D eigenvalue weighted by atomic mass is 10.2. The molecule has 1 aromatic heterocycles. The highest BCUT2D eigenvalue weighted by atomic mass is 16.7. The topological polar surface area (TPSA) is 74.5 Å². The molecule has 0 bridgehead atoms. The molecule has 0 atom stereocenters. The van der Waals surface area contributed by atoms with Gasteiger partial charge in [0.05, 0.1) is 23.8 Å². The number of ether oxygens (including phenoxy) is 2. The fourth-order valence-electron chi connectivity index (χ4n) is 1.55. The van der Waals surface area contributed by atoms with Crippen LogP contribution in [0.2, 0.25) is 0 Å². The number of aromatic nitrogens is 1. The van der Waals surface area contributed by atoms with Crippen LogP contribution in [0.15, 0.2) is 12.3 Å². The summed E-state index contributed by atoms with van der Waals surface area (Å²) in [6, 6.07) is 1.63. The van der Waals surface area contributed by atoms with Gasteiger partial charge in [0.2, 0.25) is 6.29 Å². The Morgan fingerprint density at radius 3 is 2.75 bits per heavy atom. The van der Waals surface area contributed by atoms with Gasteiger partial charge in [0.1, 0.15) is 6.20 Å². The molecule has 0 unspecified atom stereocenters. The van der Waals surface area contributed by atoms with Crippen LogP contribution >= 0.6 is 0 Å². The van der Waals surface area contributed by atoms with Crippen LogP contribution in [0.1, 0.15) is 24.0 Å². The Morgan fingerprint density at radius 1 is 1.50 bits per heavy atom. The third-order valence-corrected chi connectivity index (χ3v) is 2.37. The van der Waals surface area contributed by atoms with Crippen molar-refractivity contribution in [2.45, 2.75) is 19.6 Å². The van der Waals surface area contributed by atoms with Crippen LogP contribution < -0.4 is 0 Å². The van der Waals surface area contributed by atoms with Crippen molar-refractivity contribution in [1.82, 2.24) is 4.98 Å². The smallest absolute Gasteiger partial charge is 0.290 e. The lowest BCUT2D eigenvalue weighted by Crippen LogP contribution is -2.18. The molecule has 1 aliphatic heterocycles. The third kappa shape index (κ3) is 2.17. The molecular weight excluding hydrogens is 212 g/mol. The molecule has 1 aromatic rings. The Labute approximate surface area is 92.3 Å². The lowest BCUT2D eigenvalue weighted by Gasteiger charge is -2.22. The molecule has 0 aromatic carbocycles. The van der Waals surface area contributed by atoms with Crippen LogP contribution in [-0.2, 0) is 9.47 Å². The van der Waals surface area contributed by atoms with Crippen molar-refractivity contribution in [2.24, 2.45) is 0 Å². The van der Waals surface area contributed by atoms with Crippen molar-refractivity contribution in [2.75, 3.05) is 13.2 Å². The maximum atomic E-state index is 10.6. The highest BCUT2D eigenvalue weighted by Crippen LogP contribution is 2.24. The lowest BCUT2D eigenvalue weighted by molar-refractivity contribution is -0.385. The molecule has 6 heteroatoms. The first-order valence-electron chi connectivity index (χ1n) is 5.02. The van der Waals surface area contributed by atoms with E-state index in [0.29, 0.717) is 24.5 Å². The van der Waals surface area contributed by atoms with Crippen molar-refractivity contribution in [1.29, 1.82) is 0 Å². The predicted molar refractivity (Wildman–Crippen MR) is 54.9 cm³/mol. The summed E-state index contributed by atoms with van der Waals surface area (Å²) in [5, 5.41) is 10.6. The molecule has 6 nitrogen and oxygen atoms in total. The summed E-state index contributed by atoms with van der Waals surface area (Å²) in [4.78, 5) is 14.2. The second kappa shape index (κ2) is 4.54. The highest BCUT2D eigenvalue weighted by molar-refractivity contribution is 5.37. The Hall–Kier alpha value is -1.53. The molecule has 0 saturated carbocycles. The molecule has 86 valence electrons. The Bertz CT molecular complexity index is 402. The summed E-state index contributed by atoms with van der Waals surface area (Å²) in [5.41, 5.74) is 1.16. The average Bonchev–Trinajstić information content (AvgIpc) is 2.29. The SMILES string of the molecule is Cc1cc(C2OCCCO2)ncc1[N+](=O)[O-]. The molecule has 0 spiro atoms. The van der Waals surface area contributed by atoms with E-state index in [0.717, 1.165) is 6.42 Å². The average molecular weight is 224 g/mol. The molecule has 0 amide bonds. The number of nitrogens with zero attached hydrogens (tertiary/aromatic N) is 2. The summed E-state index contributed by atoms with van der Waals surface area (Å²) in [6.07, 6.45) is 1.61. The molecule has 0 aliphatic carbocycles. The van der Waals surface area contributed by atoms with Crippen LogP contribution in [0.3, 0.4) is 0 Å². The maximum absolute atomic E-state index is 10.6. The molecule has 1 fully saturated rings. The van der Waals surface area contributed by atoms with E-state index in [1.807, 2.05) is 0 Å². The van der Waals surface area contributed by atoms with Gasteiger partial charge < -0.3 is 9.47 Å². The van der Waals surface area contributed by atoms with E-state index in [9.17, 15) is 10.1 Å². The van der Waals surface area contributed by atoms with Crippen molar-refractivity contribution < 1.29 is 14.4 Å². The van der Waals surface area contributed by atoms with Gasteiger partial charge >= 0.3 is 0 Å². The van der Waals surface area contributed by atoms with Gasteiger partial charge in [-0.05, 0) is 19.4 Å². The largest absolute Gasteiger partial charge is 0.347 e. The minimum Gasteiger partial charge on any atom is -0.347 e. The van der Waals surface area contributed by atoms with Crippen molar-refractivity contribution in [3.63, 3.8) is 0 Å². The van der Waals surface area contributed by atoms with Crippen molar-refractivity contribution >= 4 is 5.69 Å². The zero-order valence-electron chi connectivity index (χ0n) is 8.88. The first-order valence-corrected chi connectivity index (χ1v) is 5.02. The molecule has 0 N–H and O–H groups in total. The van der Waals surface area contributed by atoms with Crippen LogP contribution in [-0.4, -0.2) is 23.1 Å². The molecular formula is C10H12N2O4. The van der Waals surface area contributed by atoms with Gasteiger partial charge in [-0.2, -0.15) is 0 Å². The van der Waals surface area contributed by atoms with E-state index in [4.69, 9.17) is 9.47 Å².